The van der Waals surface area contributed by atoms with Gasteiger partial charge in [-0.1, -0.05) is 11.6 Å². The standard InChI is InChI=1S/C20H21ClF7NO4/c1-8-19(17(32)33,9(5-22)6-23)15(18(2,16(30)31)12(7-24)29-8)13-11(25)4-3-10(21)14(13)20(26,27)28/h3-4,8-9,12,15,29H,5-7H2,1-2H3,(H,30,31)(H,32,33). The van der Waals surface area contributed by atoms with Crippen LogP contribution < -0.4 is 5.32 Å². The van der Waals surface area contributed by atoms with E-state index in [1.807, 2.05) is 0 Å². The zero-order valence-corrected chi connectivity index (χ0v) is 18.1. The molecule has 1 fully saturated rings. The van der Waals surface area contributed by atoms with Gasteiger partial charge in [-0.15, -0.1) is 0 Å². The molecule has 0 aliphatic carbocycles. The summed E-state index contributed by atoms with van der Waals surface area (Å²) in [6.07, 6.45) is -5.42. The van der Waals surface area contributed by atoms with E-state index in [0.29, 0.717) is 12.1 Å². The molecular weight excluding hydrogens is 487 g/mol. The van der Waals surface area contributed by atoms with E-state index < -0.39 is 94.9 Å². The number of hydrogen-bond acceptors (Lipinski definition) is 3. The first-order valence-corrected chi connectivity index (χ1v) is 10.0. The van der Waals surface area contributed by atoms with Gasteiger partial charge in [0.25, 0.3) is 0 Å². The van der Waals surface area contributed by atoms with Gasteiger partial charge < -0.3 is 15.5 Å². The van der Waals surface area contributed by atoms with Crippen molar-refractivity contribution in [3.8, 4) is 0 Å². The van der Waals surface area contributed by atoms with Gasteiger partial charge in [0.05, 0.1) is 40.8 Å². The lowest BCUT2D eigenvalue weighted by molar-refractivity contribution is -0.181. The lowest BCUT2D eigenvalue weighted by atomic mass is 9.48. The molecule has 1 aliphatic heterocycles. The van der Waals surface area contributed by atoms with Crippen LogP contribution in [-0.2, 0) is 15.8 Å². The topological polar surface area (TPSA) is 86.6 Å². The Labute approximate surface area is 188 Å². The molecule has 0 radical (unpaired) electrons. The number of hydrogen-bond donors (Lipinski definition) is 3. The molecule has 186 valence electrons. The van der Waals surface area contributed by atoms with Crippen LogP contribution in [0.5, 0.6) is 0 Å². The lowest BCUT2D eigenvalue weighted by Crippen LogP contribution is -2.72. The molecule has 5 nitrogen and oxygen atoms in total. The highest BCUT2D eigenvalue weighted by Gasteiger charge is 2.70. The van der Waals surface area contributed by atoms with Crippen molar-refractivity contribution in [3.63, 3.8) is 0 Å². The van der Waals surface area contributed by atoms with Gasteiger partial charge in [0.2, 0.25) is 0 Å². The maximum atomic E-state index is 15.1. The van der Waals surface area contributed by atoms with Crippen molar-refractivity contribution in [1.29, 1.82) is 0 Å². The lowest BCUT2D eigenvalue weighted by Gasteiger charge is -2.58. The minimum Gasteiger partial charge on any atom is -0.481 e. The van der Waals surface area contributed by atoms with Crippen molar-refractivity contribution in [2.75, 3.05) is 20.0 Å². The van der Waals surface area contributed by atoms with Gasteiger partial charge >= 0.3 is 18.1 Å². The zero-order valence-electron chi connectivity index (χ0n) is 17.3. The van der Waals surface area contributed by atoms with Gasteiger partial charge in [0, 0.05) is 23.4 Å². The third kappa shape index (κ3) is 3.94. The number of alkyl halides is 6. The second-order valence-electron chi connectivity index (χ2n) is 8.18. The fourth-order valence-electron chi connectivity index (χ4n) is 5.08. The smallest absolute Gasteiger partial charge is 0.418 e. The summed E-state index contributed by atoms with van der Waals surface area (Å²) in [6.45, 7) is -3.25. The van der Waals surface area contributed by atoms with Crippen molar-refractivity contribution in [1.82, 2.24) is 5.32 Å². The average Bonchev–Trinajstić information content (AvgIpc) is 2.71. The maximum absolute atomic E-state index is 15.1. The van der Waals surface area contributed by atoms with Crippen LogP contribution in [0, 0.1) is 22.6 Å². The molecule has 5 unspecified atom stereocenters. The maximum Gasteiger partial charge on any atom is 0.418 e. The minimum atomic E-state index is -5.42. The van der Waals surface area contributed by atoms with Crippen molar-refractivity contribution < 1.29 is 50.5 Å². The minimum absolute atomic E-state index is 0.457. The summed E-state index contributed by atoms with van der Waals surface area (Å²) in [5.74, 6) is -10.6. The van der Waals surface area contributed by atoms with E-state index in [-0.39, 0.29) is 0 Å². The first-order valence-electron chi connectivity index (χ1n) is 9.62. The summed E-state index contributed by atoms with van der Waals surface area (Å²) in [5, 5.41) is 21.4. The molecule has 0 saturated carbocycles. The number of benzene rings is 1. The van der Waals surface area contributed by atoms with Gasteiger partial charge in [-0.25, -0.2) is 8.78 Å². The summed E-state index contributed by atoms with van der Waals surface area (Å²) in [5.41, 5.74) is -9.17. The largest absolute Gasteiger partial charge is 0.481 e. The number of piperidine rings is 1. The number of halogens is 8. The number of carbonyl (C=O) groups is 2. The van der Waals surface area contributed by atoms with Crippen molar-refractivity contribution in [2.24, 2.45) is 16.7 Å². The SMILES string of the molecule is CC1NC(CF)C(C)(C(=O)O)C(c2c(F)ccc(Cl)c2C(F)(F)F)C1(C(=O)O)C(CF)CF. The Bertz CT molecular complexity index is 926. The van der Waals surface area contributed by atoms with E-state index >= 15 is 4.39 Å². The van der Waals surface area contributed by atoms with Gasteiger partial charge in [0.15, 0.2) is 0 Å². The molecule has 0 aromatic heterocycles. The molecule has 3 N–H and O–H groups in total. The van der Waals surface area contributed by atoms with Gasteiger partial charge in [-0.3, -0.25) is 18.4 Å². The highest BCUT2D eigenvalue weighted by atomic mass is 35.5. The van der Waals surface area contributed by atoms with E-state index in [4.69, 9.17) is 11.6 Å². The van der Waals surface area contributed by atoms with Crippen LogP contribution in [0.2, 0.25) is 5.02 Å². The molecule has 2 rings (SSSR count). The van der Waals surface area contributed by atoms with Crippen LogP contribution in [0.25, 0.3) is 0 Å². The first kappa shape index (κ1) is 27.2. The summed E-state index contributed by atoms with van der Waals surface area (Å²) in [4.78, 5) is 25.0. The van der Waals surface area contributed by atoms with Crippen LogP contribution in [-0.4, -0.2) is 54.3 Å². The molecule has 33 heavy (non-hydrogen) atoms. The van der Waals surface area contributed by atoms with E-state index in [2.05, 4.69) is 5.32 Å². The quantitative estimate of drug-likeness (QED) is 0.469. The highest BCUT2D eigenvalue weighted by Crippen LogP contribution is 2.61. The Morgan fingerprint density at radius 2 is 1.70 bits per heavy atom. The molecule has 5 atom stereocenters. The number of carboxylic acid groups (broad SMARTS) is 2. The zero-order chi connectivity index (χ0) is 25.5. The summed E-state index contributed by atoms with van der Waals surface area (Å²) >= 11 is 5.69. The average molecular weight is 508 g/mol. The molecule has 1 aromatic carbocycles. The molecule has 1 aromatic rings. The summed E-state index contributed by atoms with van der Waals surface area (Å²) in [7, 11) is 0. The summed E-state index contributed by atoms with van der Waals surface area (Å²) in [6, 6.07) is -2.52. The van der Waals surface area contributed by atoms with E-state index in [1.165, 1.54) is 0 Å². The number of carboxylic acids is 2. The predicted molar refractivity (Wildman–Crippen MR) is 103 cm³/mol. The van der Waals surface area contributed by atoms with E-state index in [9.17, 15) is 46.1 Å². The highest BCUT2D eigenvalue weighted by molar-refractivity contribution is 6.31. The molecule has 0 amide bonds. The monoisotopic (exact) mass is 507 g/mol. The van der Waals surface area contributed by atoms with Crippen molar-refractivity contribution in [3.05, 3.63) is 34.1 Å². The Morgan fingerprint density at radius 3 is 2.09 bits per heavy atom. The molecule has 13 heteroatoms. The Hall–Kier alpha value is -2.08. The van der Waals surface area contributed by atoms with Crippen LogP contribution in [0.3, 0.4) is 0 Å². The fraction of sp³-hybridized carbons (Fsp3) is 0.600. The van der Waals surface area contributed by atoms with Crippen LogP contribution in [0.15, 0.2) is 12.1 Å². The van der Waals surface area contributed by atoms with Crippen LogP contribution in [0.4, 0.5) is 30.7 Å². The normalized spacial score (nSPS) is 30.5. The molecule has 1 heterocycles. The number of aliphatic carboxylic acids is 2. The predicted octanol–water partition coefficient (Wildman–Crippen LogP) is 4.63. The molecule has 1 saturated heterocycles. The van der Waals surface area contributed by atoms with Crippen LogP contribution in [0.1, 0.15) is 30.9 Å². The summed E-state index contributed by atoms with van der Waals surface area (Å²) < 4.78 is 99.1. The van der Waals surface area contributed by atoms with Gasteiger partial charge in [-0.05, 0) is 26.0 Å². The first-order chi connectivity index (χ1) is 15.2. The third-order valence-electron chi connectivity index (χ3n) is 6.72. The number of nitrogens with one attached hydrogen (secondary N) is 1. The van der Waals surface area contributed by atoms with Crippen LogP contribution >= 0.6 is 11.6 Å². The molecule has 0 bridgehead atoms. The Kier molecular flexibility index (Phi) is 7.64. The van der Waals surface area contributed by atoms with E-state index in [0.717, 1.165) is 13.8 Å². The number of rotatable bonds is 7. The van der Waals surface area contributed by atoms with Crippen molar-refractivity contribution in [2.45, 2.75) is 38.0 Å². The van der Waals surface area contributed by atoms with Crippen molar-refractivity contribution >= 4 is 23.5 Å². The van der Waals surface area contributed by atoms with Gasteiger partial charge in [-0.2, -0.15) is 13.2 Å². The Morgan fingerprint density at radius 1 is 1.15 bits per heavy atom. The molecule has 1 aliphatic rings. The second-order valence-corrected chi connectivity index (χ2v) is 8.58. The van der Waals surface area contributed by atoms with E-state index in [1.54, 1.807) is 0 Å². The van der Waals surface area contributed by atoms with Gasteiger partial charge in [0.1, 0.15) is 12.5 Å². The molecule has 0 spiro atoms. The Balaban J connectivity index is 3.21. The molecular formula is C20H21ClF7NO4. The fourth-order valence-corrected chi connectivity index (χ4v) is 5.36. The second kappa shape index (κ2) is 9.28. The third-order valence-corrected chi connectivity index (χ3v) is 7.03.